The smallest absolute Gasteiger partial charge is 0.251 e. The van der Waals surface area contributed by atoms with Gasteiger partial charge in [0.15, 0.2) is 0 Å². The predicted molar refractivity (Wildman–Crippen MR) is 88.8 cm³/mol. The SMILES string of the molecule is CCN(CC)S(=O)(=O)c1cc(C(=O)NC(C)(C)C)ccc1Cl. The fraction of sp³-hybridized carbons (Fsp3) is 0.533. The summed E-state index contributed by atoms with van der Waals surface area (Å²) in [7, 11) is -3.71. The maximum Gasteiger partial charge on any atom is 0.251 e. The van der Waals surface area contributed by atoms with Gasteiger partial charge < -0.3 is 5.32 Å². The van der Waals surface area contributed by atoms with Crippen LogP contribution in [0, 0.1) is 0 Å². The zero-order chi connectivity index (χ0) is 17.1. The number of sulfonamides is 1. The molecular weight excluding hydrogens is 324 g/mol. The molecule has 5 nitrogen and oxygen atoms in total. The third kappa shape index (κ3) is 4.44. The summed E-state index contributed by atoms with van der Waals surface area (Å²) in [6, 6.07) is 4.29. The van der Waals surface area contributed by atoms with Crippen molar-refractivity contribution in [1.82, 2.24) is 9.62 Å². The normalized spacial score (nSPS) is 12.5. The van der Waals surface area contributed by atoms with Crippen LogP contribution < -0.4 is 5.32 Å². The number of nitrogens with zero attached hydrogens (tertiary/aromatic N) is 1. The van der Waals surface area contributed by atoms with E-state index in [1.807, 2.05) is 20.8 Å². The molecular formula is C15H23ClN2O3S. The van der Waals surface area contributed by atoms with Gasteiger partial charge in [-0.2, -0.15) is 4.31 Å². The molecule has 0 aromatic heterocycles. The van der Waals surface area contributed by atoms with E-state index in [2.05, 4.69) is 5.32 Å². The van der Waals surface area contributed by atoms with Crippen LogP contribution in [0.4, 0.5) is 0 Å². The van der Waals surface area contributed by atoms with E-state index in [0.29, 0.717) is 13.1 Å². The summed E-state index contributed by atoms with van der Waals surface area (Å²) in [6.07, 6.45) is 0. The molecule has 124 valence electrons. The molecule has 1 rings (SSSR count). The molecule has 0 fully saturated rings. The first-order chi connectivity index (χ1) is 10.0. The first kappa shape index (κ1) is 18.9. The molecule has 1 N–H and O–H groups in total. The van der Waals surface area contributed by atoms with Gasteiger partial charge in [0.25, 0.3) is 5.91 Å². The second kappa shape index (κ2) is 6.98. The van der Waals surface area contributed by atoms with E-state index < -0.39 is 15.6 Å². The molecule has 0 saturated carbocycles. The van der Waals surface area contributed by atoms with Crippen LogP contribution in [0.1, 0.15) is 45.0 Å². The van der Waals surface area contributed by atoms with Gasteiger partial charge in [-0.25, -0.2) is 8.42 Å². The molecule has 1 aromatic carbocycles. The number of amides is 1. The maximum absolute atomic E-state index is 12.6. The van der Waals surface area contributed by atoms with E-state index in [9.17, 15) is 13.2 Å². The molecule has 0 heterocycles. The molecule has 0 aliphatic rings. The van der Waals surface area contributed by atoms with Crippen molar-refractivity contribution in [2.24, 2.45) is 0 Å². The molecule has 1 amide bonds. The fourth-order valence-corrected chi connectivity index (χ4v) is 3.92. The van der Waals surface area contributed by atoms with Crippen LogP contribution in [0.2, 0.25) is 5.02 Å². The molecule has 7 heteroatoms. The molecule has 1 aromatic rings. The van der Waals surface area contributed by atoms with Crippen molar-refractivity contribution >= 4 is 27.5 Å². The number of hydrogen-bond acceptors (Lipinski definition) is 3. The Morgan fingerprint density at radius 2 is 1.77 bits per heavy atom. The predicted octanol–water partition coefficient (Wildman–Crippen LogP) is 2.90. The summed E-state index contributed by atoms with van der Waals surface area (Å²) in [5.41, 5.74) is -0.140. The van der Waals surface area contributed by atoms with Crippen molar-refractivity contribution in [2.45, 2.75) is 45.1 Å². The Kier molecular flexibility index (Phi) is 6.01. The van der Waals surface area contributed by atoms with Gasteiger partial charge in [0.1, 0.15) is 4.90 Å². The summed E-state index contributed by atoms with van der Waals surface area (Å²) in [5, 5.41) is 2.91. The number of carbonyl (C=O) groups excluding carboxylic acids is 1. The van der Waals surface area contributed by atoms with E-state index in [0.717, 1.165) is 0 Å². The van der Waals surface area contributed by atoms with Crippen LogP contribution in [-0.4, -0.2) is 37.3 Å². The van der Waals surface area contributed by atoms with Crippen LogP contribution in [-0.2, 0) is 10.0 Å². The Morgan fingerprint density at radius 1 is 1.23 bits per heavy atom. The van der Waals surface area contributed by atoms with Gasteiger partial charge in [-0.15, -0.1) is 0 Å². The first-order valence-corrected chi connectivity index (χ1v) is 8.97. The molecule has 0 saturated heterocycles. The number of hydrogen-bond donors (Lipinski definition) is 1. The fourth-order valence-electron chi connectivity index (χ4n) is 1.96. The molecule has 0 bridgehead atoms. The summed E-state index contributed by atoms with van der Waals surface area (Å²) >= 11 is 6.04. The molecule has 0 radical (unpaired) electrons. The molecule has 0 atom stereocenters. The lowest BCUT2D eigenvalue weighted by molar-refractivity contribution is 0.0919. The molecule has 0 aliphatic carbocycles. The molecule has 22 heavy (non-hydrogen) atoms. The Labute approximate surface area is 137 Å². The second-order valence-electron chi connectivity index (χ2n) is 5.94. The zero-order valence-electron chi connectivity index (χ0n) is 13.6. The van der Waals surface area contributed by atoms with Gasteiger partial charge in [0, 0.05) is 24.2 Å². The number of carbonyl (C=O) groups is 1. The topological polar surface area (TPSA) is 66.5 Å². The highest BCUT2D eigenvalue weighted by atomic mass is 35.5. The minimum absolute atomic E-state index is 0.0422. The number of rotatable bonds is 5. The quantitative estimate of drug-likeness (QED) is 0.891. The Morgan fingerprint density at radius 3 is 2.23 bits per heavy atom. The van der Waals surface area contributed by atoms with Crippen molar-refractivity contribution in [3.8, 4) is 0 Å². The number of halogens is 1. The van der Waals surface area contributed by atoms with Gasteiger partial charge in [-0.05, 0) is 39.0 Å². The second-order valence-corrected chi connectivity index (χ2v) is 8.25. The maximum atomic E-state index is 12.6. The minimum Gasteiger partial charge on any atom is -0.347 e. The van der Waals surface area contributed by atoms with Crippen LogP contribution in [0.15, 0.2) is 23.1 Å². The lowest BCUT2D eigenvalue weighted by Crippen LogP contribution is -2.40. The van der Waals surface area contributed by atoms with Crippen molar-refractivity contribution in [3.05, 3.63) is 28.8 Å². The Bertz CT molecular complexity index is 647. The average molecular weight is 347 g/mol. The number of benzene rings is 1. The molecule has 0 aliphatic heterocycles. The van der Waals surface area contributed by atoms with E-state index in [-0.39, 0.29) is 21.4 Å². The van der Waals surface area contributed by atoms with Crippen LogP contribution in [0.25, 0.3) is 0 Å². The highest BCUT2D eigenvalue weighted by Gasteiger charge is 2.26. The summed E-state index contributed by atoms with van der Waals surface area (Å²) < 4.78 is 26.5. The minimum atomic E-state index is -3.71. The van der Waals surface area contributed by atoms with Crippen molar-refractivity contribution < 1.29 is 13.2 Å². The standard InChI is InChI=1S/C15H23ClN2O3S/c1-6-18(7-2)22(20,21)13-10-11(8-9-12(13)16)14(19)17-15(3,4)5/h8-10H,6-7H2,1-5H3,(H,17,19). The van der Waals surface area contributed by atoms with Gasteiger partial charge in [0.2, 0.25) is 10.0 Å². The molecule has 0 spiro atoms. The first-order valence-electron chi connectivity index (χ1n) is 7.15. The third-order valence-electron chi connectivity index (χ3n) is 3.01. The van der Waals surface area contributed by atoms with Crippen LogP contribution in [0.5, 0.6) is 0 Å². The van der Waals surface area contributed by atoms with Gasteiger partial charge in [-0.3, -0.25) is 4.79 Å². The third-order valence-corrected chi connectivity index (χ3v) is 5.54. The highest BCUT2D eigenvalue weighted by molar-refractivity contribution is 7.89. The lowest BCUT2D eigenvalue weighted by Gasteiger charge is -2.22. The highest BCUT2D eigenvalue weighted by Crippen LogP contribution is 2.26. The lowest BCUT2D eigenvalue weighted by atomic mass is 10.1. The monoisotopic (exact) mass is 346 g/mol. The molecule has 0 unspecified atom stereocenters. The average Bonchev–Trinajstić information content (AvgIpc) is 2.37. The Balaban J connectivity index is 3.29. The van der Waals surface area contributed by atoms with Gasteiger partial charge in [0.05, 0.1) is 5.02 Å². The van der Waals surface area contributed by atoms with Gasteiger partial charge >= 0.3 is 0 Å². The van der Waals surface area contributed by atoms with Crippen molar-refractivity contribution in [1.29, 1.82) is 0 Å². The summed E-state index contributed by atoms with van der Waals surface area (Å²) in [5.74, 6) is -0.333. The van der Waals surface area contributed by atoms with E-state index in [1.165, 1.54) is 22.5 Å². The van der Waals surface area contributed by atoms with Gasteiger partial charge in [-0.1, -0.05) is 25.4 Å². The van der Waals surface area contributed by atoms with Crippen molar-refractivity contribution in [3.63, 3.8) is 0 Å². The zero-order valence-corrected chi connectivity index (χ0v) is 15.2. The van der Waals surface area contributed by atoms with E-state index in [1.54, 1.807) is 13.8 Å². The number of nitrogens with one attached hydrogen (secondary N) is 1. The van der Waals surface area contributed by atoms with Crippen LogP contribution >= 0.6 is 11.6 Å². The van der Waals surface area contributed by atoms with E-state index in [4.69, 9.17) is 11.6 Å². The van der Waals surface area contributed by atoms with Crippen molar-refractivity contribution in [2.75, 3.05) is 13.1 Å². The summed E-state index contributed by atoms with van der Waals surface area (Å²) in [6.45, 7) is 9.76. The Hall–Kier alpha value is -1.11. The summed E-state index contributed by atoms with van der Waals surface area (Å²) in [4.78, 5) is 12.2. The van der Waals surface area contributed by atoms with E-state index >= 15 is 0 Å². The van der Waals surface area contributed by atoms with Crippen LogP contribution in [0.3, 0.4) is 0 Å². The largest absolute Gasteiger partial charge is 0.347 e.